The zero-order chi connectivity index (χ0) is 23.8. The zero-order valence-corrected chi connectivity index (χ0v) is 17.7. The molecule has 1 saturated heterocycles. The van der Waals surface area contributed by atoms with Gasteiger partial charge in [0.1, 0.15) is 43.7 Å². The van der Waals surface area contributed by atoms with E-state index in [1.54, 1.807) is 48.5 Å². The average molecular weight is 461 g/mol. The van der Waals surface area contributed by atoms with Gasteiger partial charge < -0.3 is 40.0 Å². The Labute approximate surface area is 190 Å². The highest BCUT2D eigenvalue weighted by Gasteiger charge is 2.43. The van der Waals surface area contributed by atoms with E-state index in [-0.39, 0.29) is 13.0 Å². The number of hydrogen-bond donors (Lipinski definition) is 5. The SMILES string of the molecule is O=C(N[C@@H](Cc1ccccc1)C(=O)OCC1OC(O)C(O)C(O)C1O)OCc1ccccc1. The lowest BCUT2D eigenvalue weighted by Gasteiger charge is -2.38. The van der Waals surface area contributed by atoms with E-state index in [1.165, 1.54) is 0 Å². The quantitative estimate of drug-likeness (QED) is 0.338. The van der Waals surface area contributed by atoms with E-state index in [2.05, 4.69) is 5.32 Å². The largest absolute Gasteiger partial charge is 0.461 e. The van der Waals surface area contributed by atoms with Crippen LogP contribution in [0.1, 0.15) is 11.1 Å². The Morgan fingerprint density at radius 1 is 0.848 bits per heavy atom. The van der Waals surface area contributed by atoms with Crippen molar-refractivity contribution in [2.75, 3.05) is 6.61 Å². The van der Waals surface area contributed by atoms with E-state index in [1.807, 2.05) is 12.1 Å². The van der Waals surface area contributed by atoms with Crippen LogP contribution < -0.4 is 5.32 Å². The van der Waals surface area contributed by atoms with Crippen LogP contribution in [-0.4, -0.2) is 75.8 Å². The van der Waals surface area contributed by atoms with Crippen LogP contribution in [0.15, 0.2) is 60.7 Å². The third-order valence-corrected chi connectivity index (χ3v) is 5.15. The molecule has 2 aromatic carbocycles. The number of benzene rings is 2. The maximum atomic E-state index is 12.7. The fourth-order valence-corrected chi connectivity index (χ4v) is 3.28. The molecule has 10 nitrogen and oxygen atoms in total. The number of esters is 1. The Morgan fingerprint density at radius 2 is 1.45 bits per heavy atom. The summed E-state index contributed by atoms with van der Waals surface area (Å²) in [5.74, 6) is -0.832. The molecule has 0 saturated carbocycles. The monoisotopic (exact) mass is 461 g/mol. The Morgan fingerprint density at radius 3 is 2.09 bits per heavy atom. The molecule has 0 spiro atoms. The molecule has 1 aliphatic rings. The number of amides is 1. The molecule has 1 fully saturated rings. The van der Waals surface area contributed by atoms with Crippen molar-refractivity contribution in [1.29, 1.82) is 0 Å². The van der Waals surface area contributed by atoms with Crippen LogP contribution in [0.25, 0.3) is 0 Å². The first kappa shape index (κ1) is 24.6. The highest BCUT2D eigenvalue weighted by molar-refractivity contribution is 5.81. The van der Waals surface area contributed by atoms with E-state index in [0.717, 1.165) is 11.1 Å². The number of ether oxygens (including phenoxy) is 3. The van der Waals surface area contributed by atoms with Gasteiger partial charge in [0.05, 0.1) is 0 Å². The summed E-state index contributed by atoms with van der Waals surface area (Å²) < 4.78 is 15.4. The van der Waals surface area contributed by atoms with Gasteiger partial charge in [-0.3, -0.25) is 0 Å². The Bertz CT molecular complexity index is 895. The molecule has 33 heavy (non-hydrogen) atoms. The molecule has 5 N–H and O–H groups in total. The first-order valence-corrected chi connectivity index (χ1v) is 10.4. The Hall–Kier alpha value is -3.02. The second-order valence-corrected chi connectivity index (χ2v) is 7.62. The summed E-state index contributed by atoms with van der Waals surface area (Å²) in [7, 11) is 0. The lowest BCUT2D eigenvalue weighted by Crippen LogP contribution is -2.59. The summed E-state index contributed by atoms with van der Waals surface area (Å²) in [5.41, 5.74) is 1.53. The van der Waals surface area contributed by atoms with Gasteiger partial charge in [-0.05, 0) is 11.1 Å². The summed E-state index contributed by atoms with van der Waals surface area (Å²) >= 11 is 0. The van der Waals surface area contributed by atoms with Gasteiger partial charge in [0, 0.05) is 6.42 Å². The molecule has 0 aromatic heterocycles. The lowest BCUT2D eigenvalue weighted by molar-refractivity contribution is -0.287. The van der Waals surface area contributed by atoms with Crippen molar-refractivity contribution in [3.63, 3.8) is 0 Å². The summed E-state index contributed by atoms with van der Waals surface area (Å²) in [6.45, 7) is -0.507. The molecule has 178 valence electrons. The van der Waals surface area contributed by atoms with Gasteiger partial charge >= 0.3 is 12.1 Å². The van der Waals surface area contributed by atoms with E-state index in [9.17, 15) is 30.0 Å². The minimum Gasteiger partial charge on any atom is -0.461 e. The number of aliphatic hydroxyl groups excluding tert-OH is 4. The lowest BCUT2D eigenvalue weighted by atomic mass is 9.99. The highest BCUT2D eigenvalue weighted by Crippen LogP contribution is 2.20. The van der Waals surface area contributed by atoms with E-state index < -0.39 is 55.4 Å². The van der Waals surface area contributed by atoms with Gasteiger partial charge in [0.15, 0.2) is 6.29 Å². The first-order valence-electron chi connectivity index (χ1n) is 10.4. The maximum Gasteiger partial charge on any atom is 0.408 e. The molecule has 6 atom stereocenters. The maximum absolute atomic E-state index is 12.7. The number of alkyl carbamates (subject to hydrolysis) is 1. The van der Waals surface area contributed by atoms with Gasteiger partial charge in [-0.1, -0.05) is 60.7 Å². The van der Waals surface area contributed by atoms with E-state index in [0.29, 0.717) is 0 Å². The minimum absolute atomic E-state index is 0.0139. The van der Waals surface area contributed by atoms with E-state index in [4.69, 9.17) is 14.2 Å². The molecule has 0 aliphatic carbocycles. The Kier molecular flexibility index (Phi) is 8.75. The van der Waals surface area contributed by atoms with Crippen molar-refractivity contribution >= 4 is 12.1 Å². The van der Waals surface area contributed by atoms with Gasteiger partial charge in [-0.25, -0.2) is 9.59 Å². The summed E-state index contributed by atoms with van der Waals surface area (Å²) in [6, 6.07) is 16.8. The summed E-state index contributed by atoms with van der Waals surface area (Å²) in [4.78, 5) is 25.0. The van der Waals surface area contributed by atoms with Crippen molar-refractivity contribution in [2.45, 2.75) is 49.8 Å². The van der Waals surface area contributed by atoms with Gasteiger partial charge in [-0.2, -0.15) is 0 Å². The molecule has 1 heterocycles. The third kappa shape index (κ3) is 6.98. The van der Waals surface area contributed by atoms with Crippen LogP contribution in [0.2, 0.25) is 0 Å². The van der Waals surface area contributed by atoms with Crippen molar-refractivity contribution in [1.82, 2.24) is 5.32 Å². The zero-order valence-electron chi connectivity index (χ0n) is 17.7. The molecule has 1 aliphatic heterocycles. The molecule has 3 rings (SSSR count). The van der Waals surface area contributed by atoms with Gasteiger partial charge in [0.25, 0.3) is 0 Å². The predicted molar refractivity (Wildman–Crippen MR) is 114 cm³/mol. The molecule has 1 amide bonds. The molecule has 2 aromatic rings. The summed E-state index contributed by atoms with van der Waals surface area (Å²) in [5, 5.41) is 41.4. The molecule has 0 bridgehead atoms. The second-order valence-electron chi connectivity index (χ2n) is 7.62. The minimum atomic E-state index is -1.75. The first-order chi connectivity index (χ1) is 15.8. The van der Waals surface area contributed by atoms with Crippen LogP contribution in [0, 0.1) is 0 Å². The smallest absolute Gasteiger partial charge is 0.408 e. The molecular weight excluding hydrogens is 434 g/mol. The summed E-state index contributed by atoms with van der Waals surface area (Å²) in [6.07, 6.45) is -8.70. The topological polar surface area (TPSA) is 155 Å². The van der Waals surface area contributed by atoms with E-state index >= 15 is 0 Å². The number of aliphatic hydroxyl groups is 4. The number of rotatable bonds is 8. The number of nitrogens with one attached hydrogen (secondary N) is 1. The fraction of sp³-hybridized carbons (Fsp3) is 0.391. The second kappa shape index (κ2) is 11.7. The average Bonchev–Trinajstić information content (AvgIpc) is 2.83. The normalized spacial score (nSPS) is 25.6. The highest BCUT2D eigenvalue weighted by atomic mass is 16.7. The van der Waals surface area contributed by atoms with Crippen molar-refractivity contribution in [3.8, 4) is 0 Å². The molecular formula is C23H27NO9. The third-order valence-electron chi connectivity index (χ3n) is 5.15. The predicted octanol–water partition coefficient (Wildman–Crippen LogP) is -0.133. The number of hydrogen-bond acceptors (Lipinski definition) is 9. The van der Waals surface area contributed by atoms with Crippen molar-refractivity contribution in [3.05, 3.63) is 71.8 Å². The van der Waals surface area contributed by atoms with Crippen molar-refractivity contribution in [2.24, 2.45) is 0 Å². The van der Waals surface area contributed by atoms with Crippen molar-refractivity contribution < 1.29 is 44.2 Å². The number of carbonyl (C=O) groups is 2. The number of carbonyl (C=O) groups excluding carboxylic acids is 2. The fourth-order valence-electron chi connectivity index (χ4n) is 3.28. The van der Waals surface area contributed by atoms with Gasteiger partial charge in [0.2, 0.25) is 0 Å². The molecule has 10 heteroatoms. The van der Waals surface area contributed by atoms with Crippen LogP contribution in [0.3, 0.4) is 0 Å². The molecule has 0 radical (unpaired) electrons. The standard InChI is InChI=1S/C23H27NO9/c25-18-17(33-22(29)20(27)19(18)26)13-31-21(28)16(11-14-7-3-1-4-8-14)24-23(30)32-12-15-9-5-2-6-10-15/h1-10,16-20,22,25-27,29H,11-13H2,(H,24,30)/t16-,17?,18?,19?,20?,22?/m0/s1. The molecule has 5 unspecified atom stereocenters. The van der Waals surface area contributed by atoms with Gasteiger partial charge in [-0.15, -0.1) is 0 Å². The van der Waals surface area contributed by atoms with Crippen LogP contribution in [-0.2, 0) is 32.0 Å². The van der Waals surface area contributed by atoms with Crippen LogP contribution in [0.4, 0.5) is 4.79 Å². The van der Waals surface area contributed by atoms with Crippen LogP contribution in [0.5, 0.6) is 0 Å². The van der Waals surface area contributed by atoms with Crippen LogP contribution >= 0.6 is 0 Å². The Balaban J connectivity index is 1.60.